The monoisotopic (exact) mass is 330 g/mol. The van der Waals surface area contributed by atoms with Crippen LogP contribution in [0.3, 0.4) is 0 Å². The van der Waals surface area contributed by atoms with Crippen molar-refractivity contribution in [1.29, 1.82) is 0 Å². The molecule has 0 N–H and O–H groups in total. The second-order valence-electron chi connectivity index (χ2n) is 4.72. The van der Waals surface area contributed by atoms with Crippen LogP contribution in [0.5, 0.6) is 0 Å². The van der Waals surface area contributed by atoms with E-state index in [-0.39, 0.29) is 32.7 Å². The molecular weight excluding hydrogens is 323 g/mol. The lowest BCUT2D eigenvalue weighted by Gasteiger charge is -2.20. The lowest BCUT2D eigenvalue weighted by atomic mass is 10.2. The van der Waals surface area contributed by atoms with Crippen molar-refractivity contribution in [2.75, 3.05) is 4.90 Å². The van der Waals surface area contributed by atoms with Gasteiger partial charge >= 0.3 is 0 Å². The molecule has 1 aliphatic heterocycles. The van der Waals surface area contributed by atoms with E-state index in [1.165, 1.54) is 0 Å². The predicted molar refractivity (Wildman–Crippen MR) is 77.4 cm³/mol. The lowest BCUT2D eigenvalue weighted by molar-refractivity contribution is -0.120. The van der Waals surface area contributed by atoms with Crippen LogP contribution in [0.15, 0.2) is 11.1 Å². The molecule has 2 aliphatic rings. The molecule has 2 heterocycles. The lowest BCUT2D eigenvalue weighted by Crippen LogP contribution is -2.33. The predicted octanol–water partition coefficient (Wildman–Crippen LogP) is 3.70. The van der Waals surface area contributed by atoms with Gasteiger partial charge in [-0.05, 0) is 26.2 Å². The molecule has 0 saturated carbocycles. The van der Waals surface area contributed by atoms with Crippen molar-refractivity contribution in [2.45, 2.75) is 26.2 Å². The highest BCUT2D eigenvalue weighted by Crippen LogP contribution is 2.44. The summed E-state index contributed by atoms with van der Waals surface area (Å²) in [5.74, 6) is -0.707. The van der Waals surface area contributed by atoms with Gasteiger partial charge in [0, 0.05) is 11.1 Å². The number of imide groups is 1. The molecular formula is C13H9Cl3N2O2. The first-order valence-corrected chi connectivity index (χ1v) is 7.18. The SMILES string of the molecule is Cc1nc(Cl)c(Cl)c(N2C(=O)C3=C(CCC3)C2=O)c1Cl. The van der Waals surface area contributed by atoms with Crippen LogP contribution in [0.4, 0.5) is 5.69 Å². The Balaban J connectivity index is 2.17. The van der Waals surface area contributed by atoms with Gasteiger partial charge in [-0.3, -0.25) is 9.59 Å². The van der Waals surface area contributed by atoms with Gasteiger partial charge in [0.1, 0.15) is 10.2 Å². The number of rotatable bonds is 1. The van der Waals surface area contributed by atoms with Crippen LogP contribution >= 0.6 is 34.8 Å². The van der Waals surface area contributed by atoms with Gasteiger partial charge in [0.15, 0.2) is 0 Å². The maximum Gasteiger partial charge on any atom is 0.261 e. The largest absolute Gasteiger partial charge is 0.269 e. The maximum absolute atomic E-state index is 12.4. The van der Waals surface area contributed by atoms with Crippen molar-refractivity contribution >= 4 is 52.3 Å². The Bertz CT molecular complexity index is 645. The van der Waals surface area contributed by atoms with Crippen LogP contribution in [-0.4, -0.2) is 16.8 Å². The fraction of sp³-hybridized carbons (Fsp3) is 0.308. The molecule has 0 bridgehead atoms. The summed E-state index contributed by atoms with van der Waals surface area (Å²) in [6.07, 6.45) is 2.06. The molecule has 0 atom stereocenters. The van der Waals surface area contributed by atoms with Gasteiger partial charge < -0.3 is 0 Å². The molecule has 0 unspecified atom stereocenters. The number of pyridine rings is 1. The quantitative estimate of drug-likeness (QED) is 0.582. The first-order chi connectivity index (χ1) is 9.43. The molecule has 0 spiro atoms. The zero-order chi connectivity index (χ0) is 14.6. The smallest absolute Gasteiger partial charge is 0.261 e. The highest BCUT2D eigenvalue weighted by atomic mass is 35.5. The third-order valence-corrected chi connectivity index (χ3v) is 4.73. The number of carbonyl (C=O) groups excluding carboxylic acids is 2. The normalized spacial score (nSPS) is 18.3. The summed E-state index contributed by atoms with van der Waals surface area (Å²) in [5, 5.41) is 0.212. The van der Waals surface area contributed by atoms with Gasteiger partial charge in [0.2, 0.25) is 0 Å². The number of amides is 2. The van der Waals surface area contributed by atoms with Gasteiger partial charge in [-0.1, -0.05) is 34.8 Å². The Morgan fingerprint density at radius 2 is 1.55 bits per heavy atom. The van der Waals surface area contributed by atoms with E-state index >= 15 is 0 Å². The van der Waals surface area contributed by atoms with Crippen LogP contribution < -0.4 is 4.90 Å². The summed E-state index contributed by atoms with van der Waals surface area (Å²) in [6.45, 7) is 1.64. The molecule has 3 rings (SSSR count). The van der Waals surface area contributed by atoms with Crippen LogP contribution in [0, 0.1) is 6.92 Å². The highest BCUT2D eigenvalue weighted by Gasteiger charge is 2.43. The highest BCUT2D eigenvalue weighted by molar-refractivity contribution is 6.48. The zero-order valence-corrected chi connectivity index (χ0v) is 12.7. The van der Waals surface area contributed by atoms with E-state index in [1.807, 2.05) is 0 Å². The van der Waals surface area contributed by atoms with Crippen LogP contribution in [0.2, 0.25) is 15.2 Å². The van der Waals surface area contributed by atoms with Crippen molar-refractivity contribution in [1.82, 2.24) is 4.98 Å². The number of anilines is 1. The van der Waals surface area contributed by atoms with E-state index in [9.17, 15) is 9.59 Å². The fourth-order valence-electron chi connectivity index (χ4n) is 2.59. The van der Waals surface area contributed by atoms with Crippen LogP contribution in [0.1, 0.15) is 25.0 Å². The van der Waals surface area contributed by atoms with Gasteiger partial charge in [-0.15, -0.1) is 0 Å². The van der Waals surface area contributed by atoms with E-state index in [4.69, 9.17) is 34.8 Å². The maximum atomic E-state index is 12.4. The molecule has 0 saturated heterocycles. The number of aryl methyl sites for hydroxylation is 1. The molecule has 0 radical (unpaired) electrons. The molecule has 2 amide bonds. The summed E-state index contributed by atoms with van der Waals surface area (Å²) in [6, 6.07) is 0. The fourth-order valence-corrected chi connectivity index (χ4v) is 3.30. The first-order valence-electron chi connectivity index (χ1n) is 6.05. The summed E-state index contributed by atoms with van der Waals surface area (Å²) in [4.78, 5) is 29.8. The first kappa shape index (κ1) is 13.9. The minimum absolute atomic E-state index is 0.0186. The Morgan fingerprint density at radius 1 is 1.00 bits per heavy atom. The molecule has 1 aromatic heterocycles. The van der Waals surface area contributed by atoms with Crippen LogP contribution in [0.25, 0.3) is 0 Å². The van der Waals surface area contributed by atoms with Crippen molar-refractivity contribution in [3.63, 3.8) is 0 Å². The Labute approximate surface area is 130 Å². The van der Waals surface area contributed by atoms with E-state index in [0.717, 1.165) is 11.3 Å². The molecule has 7 heteroatoms. The van der Waals surface area contributed by atoms with E-state index in [1.54, 1.807) is 6.92 Å². The number of aromatic nitrogens is 1. The summed E-state index contributed by atoms with van der Waals surface area (Å²) < 4.78 is 0. The number of carbonyl (C=O) groups is 2. The van der Waals surface area contributed by atoms with E-state index in [0.29, 0.717) is 29.7 Å². The molecule has 0 aromatic carbocycles. The average Bonchev–Trinajstić information content (AvgIpc) is 2.96. The number of halogens is 3. The average molecular weight is 332 g/mol. The molecule has 0 fully saturated rings. The van der Waals surface area contributed by atoms with Crippen molar-refractivity contribution in [2.24, 2.45) is 0 Å². The Morgan fingerprint density at radius 3 is 2.10 bits per heavy atom. The number of hydrogen-bond acceptors (Lipinski definition) is 3. The Kier molecular flexibility index (Phi) is 3.27. The van der Waals surface area contributed by atoms with Crippen LogP contribution in [-0.2, 0) is 9.59 Å². The Hall–Kier alpha value is -1.10. The van der Waals surface area contributed by atoms with E-state index < -0.39 is 0 Å². The van der Waals surface area contributed by atoms with Crippen molar-refractivity contribution < 1.29 is 9.59 Å². The second-order valence-corrected chi connectivity index (χ2v) is 5.83. The minimum atomic E-state index is -0.354. The van der Waals surface area contributed by atoms with E-state index in [2.05, 4.69) is 4.98 Å². The summed E-state index contributed by atoms with van der Waals surface area (Å²) in [7, 11) is 0. The van der Waals surface area contributed by atoms with Crippen molar-refractivity contribution in [3.8, 4) is 0 Å². The number of nitrogens with zero attached hydrogens (tertiary/aromatic N) is 2. The van der Waals surface area contributed by atoms with Crippen molar-refractivity contribution in [3.05, 3.63) is 32.0 Å². The summed E-state index contributed by atoms with van der Waals surface area (Å²) >= 11 is 18.2. The standard InChI is InChI=1S/C13H9Cl3N2O2/c1-5-8(14)10(9(15)11(16)17-5)18-12(19)6-3-2-4-7(6)13(18)20/h2-4H2,1H3. The molecule has 1 aliphatic carbocycles. The third-order valence-electron chi connectivity index (χ3n) is 3.54. The third kappa shape index (κ3) is 1.79. The molecule has 4 nitrogen and oxygen atoms in total. The second kappa shape index (κ2) is 4.72. The van der Waals surface area contributed by atoms with Gasteiger partial charge in [0.05, 0.1) is 16.4 Å². The molecule has 20 heavy (non-hydrogen) atoms. The zero-order valence-electron chi connectivity index (χ0n) is 10.5. The molecule has 104 valence electrons. The van der Waals surface area contributed by atoms with Gasteiger partial charge in [-0.25, -0.2) is 9.88 Å². The number of hydrogen-bond donors (Lipinski definition) is 0. The van der Waals surface area contributed by atoms with Gasteiger partial charge in [-0.2, -0.15) is 0 Å². The minimum Gasteiger partial charge on any atom is -0.269 e. The molecule has 1 aromatic rings. The van der Waals surface area contributed by atoms with Gasteiger partial charge in [0.25, 0.3) is 11.8 Å². The topological polar surface area (TPSA) is 50.3 Å². The summed E-state index contributed by atoms with van der Waals surface area (Å²) in [5.41, 5.74) is 1.68.